The first kappa shape index (κ1) is 25.4. The molecule has 0 spiro atoms. The third-order valence-electron chi connectivity index (χ3n) is 8.44. The summed E-state index contributed by atoms with van der Waals surface area (Å²) in [7, 11) is 0. The number of hydrogen-bond acceptors (Lipinski definition) is 6. The predicted molar refractivity (Wildman–Crippen MR) is 144 cm³/mol. The highest BCUT2D eigenvalue weighted by Crippen LogP contribution is 2.31. The highest BCUT2D eigenvalue weighted by molar-refractivity contribution is 6.01. The number of aromatic nitrogens is 2. The van der Waals surface area contributed by atoms with E-state index in [4.69, 9.17) is 9.98 Å². The monoisotopic (exact) mass is 496 g/mol. The maximum atomic E-state index is 13.2. The maximum Gasteiger partial charge on any atom is 0.256 e. The van der Waals surface area contributed by atoms with Crippen LogP contribution in [0.3, 0.4) is 0 Å². The van der Waals surface area contributed by atoms with Gasteiger partial charge in [0, 0.05) is 63.7 Å². The van der Waals surface area contributed by atoms with Crippen molar-refractivity contribution in [1.29, 1.82) is 0 Å². The molecule has 1 N–H and O–H groups in total. The number of anilines is 1. The number of hydrogen-bond donors (Lipinski definition) is 1. The number of amides is 1. The van der Waals surface area contributed by atoms with Gasteiger partial charge < -0.3 is 9.80 Å². The molecule has 8 heteroatoms. The highest BCUT2D eigenvalue weighted by atomic mass is 16.2. The molecule has 0 bridgehead atoms. The Morgan fingerprint density at radius 2 is 1.83 bits per heavy atom. The summed E-state index contributed by atoms with van der Waals surface area (Å²) in [6.07, 6.45) is 11.1. The van der Waals surface area contributed by atoms with Crippen molar-refractivity contribution in [3.8, 4) is 0 Å². The van der Waals surface area contributed by atoms with Gasteiger partial charge >= 0.3 is 0 Å². The number of fused-ring (bicyclic) bond motifs is 1. The van der Waals surface area contributed by atoms with Crippen LogP contribution < -0.4 is 10.5 Å². The normalized spacial score (nSPS) is 23.3. The van der Waals surface area contributed by atoms with Gasteiger partial charge in [0.25, 0.3) is 5.56 Å². The number of aliphatic imine (C=N–C) groups is 1. The van der Waals surface area contributed by atoms with Crippen LogP contribution >= 0.6 is 0 Å². The molecule has 36 heavy (non-hydrogen) atoms. The fourth-order valence-corrected chi connectivity index (χ4v) is 6.16. The molecule has 8 nitrogen and oxygen atoms in total. The summed E-state index contributed by atoms with van der Waals surface area (Å²) in [5.74, 6) is 2.03. The molecule has 1 amide bonds. The number of rotatable bonds is 9. The zero-order chi connectivity index (χ0) is 25.1. The summed E-state index contributed by atoms with van der Waals surface area (Å²) in [6.45, 7) is 10.5. The zero-order valence-corrected chi connectivity index (χ0v) is 22.3. The van der Waals surface area contributed by atoms with E-state index in [0.29, 0.717) is 30.1 Å². The number of aromatic amines is 1. The first-order valence-corrected chi connectivity index (χ1v) is 14.5. The summed E-state index contributed by atoms with van der Waals surface area (Å²) in [5, 5.41) is 0. The molecule has 198 valence electrons. The molecular formula is C28H44N6O2. The van der Waals surface area contributed by atoms with Crippen LogP contribution in [0.1, 0.15) is 82.9 Å². The SMILES string of the molecule is CCCC1=NC(C)Cc2c1nc(N(CCN1CCN(C(=O)C3CC3)CC1)CC1CCCCC1)[nH]c2=O. The summed E-state index contributed by atoms with van der Waals surface area (Å²) < 4.78 is 0. The number of nitrogens with one attached hydrogen (secondary N) is 1. The minimum Gasteiger partial charge on any atom is -0.341 e. The smallest absolute Gasteiger partial charge is 0.256 e. The van der Waals surface area contributed by atoms with Gasteiger partial charge in [-0.25, -0.2) is 4.98 Å². The van der Waals surface area contributed by atoms with Crippen molar-refractivity contribution in [3.05, 3.63) is 21.6 Å². The Hall–Kier alpha value is -2.22. The van der Waals surface area contributed by atoms with Crippen molar-refractivity contribution in [3.63, 3.8) is 0 Å². The molecule has 0 radical (unpaired) electrons. The number of carbonyl (C=O) groups is 1. The van der Waals surface area contributed by atoms with Crippen molar-refractivity contribution >= 4 is 17.6 Å². The standard InChI is InChI=1S/C28H44N6O2/c1-3-7-24-25-23(18-20(2)29-24)26(35)31-28(30-25)34(19-21-8-5-4-6-9-21)17-14-32-12-15-33(16-13-32)27(36)22-10-11-22/h20-22H,3-19H2,1-2H3,(H,30,31,35). The molecule has 3 fully saturated rings. The molecule has 5 rings (SSSR count). The third kappa shape index (κ3) is 6.01. The topological polar surface area (TPSA) is 84.9 Å². The molecule has 1 atom stereocenters. The lowest BCUT2D eigenvalue weighted by atomic mass is 9.89. The van der Waals surface area contributed by atoms with Crippen LogP contribution in [-0.2, 0) is 11.2 Å². The molecule has 0 aromatic carbocycles. The van der Waals surface area contributed by atoms with Gasteiger partial charge in [0.15, 0.2) is 0 Å². The van der Waals surface area contributed by atoms with Crippen LogP contribution in [0.4, 0.5) is 5.95 Å². The third-order valence-corrected chi connectivity index (χ3v) is 8.44. The summed E-state index contributed by atoms with van der Waals surface area (Å²) in [5.41, 5.74) is 2.63. The van der Waals surface area contributed by atoms with E-state index in [1.54, 1.807) is 0 Å². The van der Waals surface area contributed by atoms with Crippen molar-refractivity contribution in [2.75, 3.05) is 50.7 Å². The first-order valence-electron chi connectivity index (χ1n) is 14.5. The summed E-state index contributed by atoms with van der Waals surface area (Å²) in [4.78, 5) is 45.6. The summed E-state index contributed by atoms with van der Waals surface area (Å²) in [6, 6.07) is 0.136. The van der Waals surface area contributed by atoms with E-state index in [1.165, 1.54) is 32.1 Å². The fourth-order valence-electron chi connectivity index (χ4n) is 6.16. The molecular weight excluding hydrogens is 452 g/mol. The van der Waals surface area contributed by atoms with Gasteiger partial charge in [-0.15, -0.1) is 0 Å². The number of carbonyl (C=O) groups excluding carboxylic acids is 1. The molecule has 2 aliphatic heterocycles. The van der Waals surface area contributed by atoms with Crippen LogP contribution in [0.25, 0.3) is 0 Å². The largest absolute Gasteiger partial charge is 0.341 e. The van der Waals surface area contributed by atoms with Crippen molar-refractivity contribution in [1.82, 2.24) is 19.8 Å². The quantitative estimate of drug-likeness (QED) is 0.567. The lowest BCUT2D eigenvalue weighted by molar-refractivity contribution is -0.134. The Morgan fingerprint density at radius 1 is 1.08 bits per heavy atom. The van der Waals surface area contributed by atoms with Crippen molar-refractivity contribution in [2.45, 2.75) is 84.1 Å². The Bertz CT molecular complexity index is 1000. The van der Waals surface area contributed by atoms with Gasteiger partial charge in [-0.3, -0.25) is 24.5 Å². The van der Waals surface area contributed by atoms with Gasteiger partial charge in [-0.2, -0.15) is 0 Å². The lowest BCUT2D eigenvalue weighted by Gasteiger charge is -2.37. The van der Waals surface area contributed by atoms with Gasteiger partial charge in [0.05, 0.1) is 17.4 Å². The van der Waals surface area contributed by atoms with Crippen LogP contribution in [0.15, 0.2) is 9.79 Å². The minimum atomic E-state index is 0.00574. The Labute approximate surface area is 215 Å². The van der Waals surface area contributed by atoms with Crippen LogP contribution in [0, 0.1) is 11.8 Å². The van der Waals surface area contributed by atoms with E-state index in [-0.39, 0.29) is 11.6 Å². The van der Waals surface area contributed by atoms with Gasteiger partial charge in [0.2, 0.25) is 11.9 Å². The Balaban J connectivity index is 1.30. The van der Waals surface area contributed by atoms with E-state index in [1.807, 2.05) is 0 Å². The number of nitrogens with zero attached hydrogens (tertiary/aromatic N) is 5. The van der Waals surface area contributed by atoms with E-state index in [0.717, 1.165) is 88.5 Å². The zero-order valence-electron chi connectivity index (χ0n) is 22.3. The van der Waals surface area contributed by atoms with Crippen LogP contribution in [-0.4, -0.2) is 83.2 Å². The van der Waals surface area contributed by atoms with E-state index >= 15 is 0 Å². The second-order valence-corrected chi connectivity index (χ2v) is 11.5. The summed E-state index contributed by atoms with van der Waals surface area (Å²) >= 11 is 0. The van der Waals surface area contributed by atoms with E-state index < -0.39 is 0 Å². The van der Waals surface area contributed by atoms with E-state index in [9.17, 15) is 9.59 Å². The molecule has 4 aliphatic rings. The maximum absolute atomic E-state index is 13.2. The van der Waals surface area contributed by atoms with Gasteiger partial charge in [-0.05, 0) is 44.9 Å². The highest BCUT2D eigenvalue weighted by Gasteiger charge is 2.34. The van der Waals surface area contributed by atoms with Crippen molar-refractivity contribution in [2.24, 2.45) is 16.8 Å². The molecule has 1 unspecified atom stereocenters. The molecule has 1 aromatic rings. The van der Waals surface area contributed by atoms with Crippen molar-refractivity contribution < 1.29 is 4.79 Å². The number of piperazine rings is 1. The fraction of sp³-hybridized carbons (Fsp3) is 0.786. The van der Waals surface area contributed by atoms with Crippen LogP contribution in [0.5, 0.6) is 0 Å². The average Bonchev–Trinajstić information content (AvgIpc) is 3.73. The van der Waals surface area contributed by atoms with Gasteiger partial charge in [-0.1, -0.05) is 32.6 Å². The molecule has 2 saturated carbocycles. The average molecular weight is 497 g/mol. The molecule has 2 aliphatic carbocycles. The van der Waals surface area contributed by atoms with E-state index in [2.05, 4.69) is 33.5 Å². The number of H-pyrrole nitrogens is 1. The first-order chi connectivity index (χ1) is 17.5. The van der Waals surface area contributed by atoms with Crippen LogP contribution in [0.2, 0.25) is 0 Å². The Kier molecular flexibility index (Phi) is 8.09. The predicted octanol–water partition coefficient (Wildman–Crippen LogP) is 3.24. The van der Waals surface area contributed by atoms with Gasteiger partial charge in [0.1, 0.15) is 0 Å². The lowest BCUT2D eigenvalue weighted by Crippen LogP contribution is -2.51. The second kappa shape index (κ2) is 11.4. The second-order valence-electron chi connectivity index (χ2n) is 11.5. The minimum absolute atomic E-state index is 0.00574. The molecule has 1 saturated heterocycles. The molecule has 3 heterocycles. The Morgan fingerprint density at radius 3 is 2.53 bits per heavy atom. The molecule has 1 aromatic heterocycles.